The van der Waals surface area contributed by atoms with Crippen LogP contribution < -0.4 is 10.9 Å². The van der Waals surface area contributed by atoms with Crippen LogP contribution >= 0.6 is 0 Å². The van der Waals surface area contributed by atoms with Crippen LogP contribution in [0.2, 0.25) is 0 Å². The third kappa shape index (κ3) is 2.99. The lowest BCUT2D eigenvalue weighted by atomic mass is 10.0. The van der Waals surface area contributed by atoms with Crippen LogP contribution in [-0.2, 0) is 6.54 Å². The molecule has 1 aliphatic heterocycles. The standard InChI is InChI=1S/C19H23N5O/c1-12-9-17(22-21-12)19-18(15-7-5-4-6-8-15)20-11-24(19)10-16-13(2)23-25-14(16)3/h4-8,11-12,17,21-22H,9-10H2,1-3H3. The van der Waals surface area contributed by atoms with Gasteiger partial charge >= 0.3 is 0 Å². The SMILES string of the molecule is Cc1noc(C)c1Cn1cnc(-c2ccccc2)c1C1CC(C)NN1. The van der Waals surface area contributed by atoms with E-state index in [9.17, 15) is 0 Å². The number of nitrogens with zero attached hydrogens (tertiary/aromatic N) is 3. The minimum Gasteiger partial charge on any atom is -0.361 e. The maximum Gasteiger partial charge on any atom is 0.138 e. The van der Waals surface area contributed by atoms with Crippen LogP contribution in [0.25, 0.3) is 11.3 Å². The van der Waals surface area contributed by atoms with Crippen LogP contribution in [0.4, 0.5) is 0 Å². The lowest BCUT2D eigenvalue weighted by Crippen LogP contribution is -2.29. The number of hydrogen-bond acceptors (Lipinski definition) is 5. The number of nitrogens with one attached hydrogen (secondary N) is 2. The topological polar surface area (TPSA) is 67.9 Å². The second kappa shape index (κ2) is 6.46. The molecule has 3 heterocycles. The molecular formula is C19H23N5O. The normalized spacial score (nSPS) is 20.3. The molecule has 4 rings (SSSR count). The number of rotatable bonds is 4. The van der Waals surface area contributed by atoms with Crippen LogP contribution in [0.5, 0.6) is 0 Å². The third-order valence-electron chi connectivity index (χ3n) is 4.86. The van der Waals surface area contributed by atoms with Gasteiger partial charge in [-0.1, -0.05) is 35.5 Å². The largest absolute Gasteiger partial charge is 0.361 e. The van der Waals surface area contributed by atoms with E-state index in [-0.39, 0.29) is 6.04 Å². The maximum atomic E-state index is 5.33. The van der Waals surface area contributed by atoms with E-state index in [0.29, 0.717) is 12.6 Å². The van der Waals surface area contributed by atoms with Crippen molar-refractivity contribution in [2.24, 2.45) is 0 Å². The molecule has 0 aliphatic carbocycles. The van der Waals surface area contributed by atoms with Crippen molar-refractivity contribution in [2.45, 2.75) is 45.8 Å². The first-order valence-electron chi connectivity index (χ1n) is 8.66. The summed E-state index contributed by atoms with van der Waals surface area (Å²) in [5, 5.41) is 4.08. The van der Waals surface area contributed by atoms with Crippen LogP contribution in [-0.4, -0.2) is 20.7 Å². The zero-order valence-corrected chi connectivity index (χ0v) is 14.8. The van der Waals surface area contributed by atoms with Gasteiger partial charge in [-0.25, -0.2) is 10.4 Å². The summed E-state index contributed by atoms with van der Waals surface area (Å²) >= 11 is 0. The minimum atomic E-state index is 0.216. The molecule has 0 saturated carbocycles. The molecule has 1 fully saturated rings. The molecule has 2 unspecified atom stereocenters. The maximum absolute atomic E-state index is 5.33. The molecule has 2 aromatic heterocycles. The lowest BCUT2D eigenvalue weighted by Gasteiger charge is -2.16. The lowest BCUT2D eigenvalue weighted by molar-refractivity contribution is 0.392. The van der Waals surface area contributed by atoms with E-state index in [1.54, 1.807) is 0 Å². The highest BCUT2D eigenvalue weighted by atomic mass is 16.5. The summed E-state index contributed by atoms with van der Waals surface area (Å²) in [6.45, 7) is 6.84. The second-order valence-corrected chi connectivity index (χ2v) is 6.75. The zero-order chi connectivity index (χ0) is 17.4. The molecule has 2 atom stereocenters. The fourth-order valence-corrected chi connectivity index (χ4v) is 3.49. The Kier molecular flexibility index (Phi) is 4.15. The minimum absolute atomic E-state index is 0.216. The Labute approximate surface area is 147 Å². The predicted molar refractivity (Wildman–Crippen MR) is 95.8 cm³/mol. The van der Waals surface area contributed by atoms with E-state index in [1.807, 2.05) is 26.2 Å². The Hall–Kier alpha value is -2.44. The van der Waals surface area contributed by atoms with Crippen molar-refractivity contribution in [3.8, 4) is 11.3 Å². The molecule has 6 heteroatoms. The summed E-state index contributed by atoms with van der Waals surface area (Å²) in [7, 11) is 0. The van der Waals surface area contributed by atoms with E-state index < -0.39 is 0 Å². The van der Waals surface area contributed by atoms with Gasteiger partial charge in [-0.15, -0.1) is 0 Å². The van der Waals surface area contributed by atoms with Gasteiger partial charge in [-0.05, 0) is 27.2 Å². The monoisotopic (exact) mass is 337 g/mol. The first-order valence-corrected chi connectivity index (χ1v) is 8.66. The highest BCUT2D eigenvalue weighted by Crippen LogP contribution is 2.32. The number of benzene rings is 1. The molecule has 1 aliphatic rings. The molecule has 0 bridgehead atoms. The molecule has 2 N–H and O–H groups in total. The van der Waals surface area contributed by atoms with Crippen molar-refractivity contribution < 1.29 is 4.52 Å². The number of aromatic nitrogens is 3. The average Bonchev–Trinajstić information content (AvgIpc) is 3.31. The number of aryl methyl sites for hydroxylation is 2. The predicted octanol–water partition coefficient (Wildman–Crippen LogP) is 3.13. The quantitative estimate of drug-likeness (QED) is 0.765. The fraction of sp³-hybridized carbons (Fsp3) is 0.368. The average molecular weight is 337 g/mol. The molecule has 0 spiro atoms. The van der Waals surface area contributed by atoms with Gasteiger partial charge in [-0.3, -0.25) is 5.43 Å². The summed E-state index contributed by atoms with van der Waals surface area (Å²) in [5.41, 5.74) is 12.2. The number of imidazole rings is 1. The van der Waals surface area contributed by atoms with Crippen molar-refractivity contribution >= 4 is 0 Å². The first kappa shape index (κ1) is 16.1. The summed E-state index contributed by atoms with van der Waals surface area (Å²) < 4.78 is 7.54. The van der Waals surface area contributed by atoms with Crippen LogP contribution in [0, 0.1) is 13.8 Å². The molecule has 25 heavy (non-hydrogen) atoms. The number of hydrazine groups is 1. The van der Waals surface area contributed by atoms with Crippen molar-refractivity contribution in [1.29, 1.82) is 0 Å². The first-order chi connectivity index (χ1) is 12.1. The molecule has 0 amide bonds. The Morgan fingerprint density at radius 3 is 2.64 bits per heavy atom. The van der Waals surface area contributed by atoms with Crippen molar-refractivity contribution in [2.75, 3.05) is 0 Å². The molecule has 6 nitrogen and oxygen atoms in total. The van der Waals surface area contributed by atoms with Crippen LogP contribution in [0.15, 0.2) is 41.2 Å². The Bertz CT molecular complexity index is 848. The van der Waals surface area contributed by atoms with Crippen molar-refractivity contribution in [1.82, 2.24) is 25.6 Å². The second-order valence-electron chi connectivity index (χ2n) is 6.75. The van der Waals surface area contributed by atoms with Gasteiger partial charge in [0.05, 0.1) is 36.0 Å². The van der Waals surface area contributed by atoms with Gasteiger partial charge in [0.25, 0.3) is 0 Å². The Morgan fingerprint density at radius 1 is 1.20 bits per heavy atom. The highest BCUT2D eigenvalue weighted by molar-refractivity contribution is 5.62. The van der Waals surface area contributed by atoms with E-state index in [2.05, 4.69) is 51.8 Å². The zero-order valence-electron chi connectivity index (χ0n) is 14.8. The van der Waals surface area contributed by atoms with E-state index in [1.165, 1.54) is 5.69 Å². The van der Waals surface area contributed by atoms with Crippen molar-refractivity contribution in [3.63, 3.8) is 0 Å². The Balaban J connectivity index is 1.78. The molecule has 1 aromatic carbocycles. The third-order valence-corrected chi connectivity index (χ3v) is 4.86. The Morgan fingerprint density at radius 2 is 2.00 bits per heavy atom. The molecule has 130 valence electrons. The van der Waals surface area contributed by atoms with Gasteiger partial charge in [0.1, 0.15) is 5.76 Å². The van der Waals surface area contributed by atoms with Crippen molar-refractivity contribution in [3.05, 3.63) is 59.4 Å². The van der Waals surface area contributed by atoms with Crippen LogP contribution in [0.3, 0.4) is 0 Å². The summed E-state index contributed by atoms with van der Waals surface area (Å²) in [6, 6.07) is 11.0. The molecule has 3 aromatic rings. The summed E-state index contributed by atoms with van der Waals surface area (Å²) in [6.07, 6.45) is 2.95. The van der Waals surface area contributed by atoms with Gasteiger partial charge in [0.2, 0.25) is 0 Å². The molecule has 0 radical (unpaired) electrons. The summed E-state index contributed by atoms with van der Waals surface area (Å²) in [4.78, 5) is 4.74. The van der Waals surface area contributed by atoms with Gasteiger partial charge < -0.3 is 9.09 Å². The van der Waals surface area contributed by atoms with Gasteiger partial charge in [0, 0.05) is 17.2 Å². The smallest absolute Gasteiger partial charge is 0.138 e. The van der Waals surface area contributed by atoms with E-state index in [4.69, 9.17) is 9.51 Å². The highest BCUT2D eigenvalue weighted by Gasteiger charge is 2.28. The molecule has 1 saturated heterocycles. The van der Waals surface area contributed by atoms with E-state index >= 15 is 0 Å². The number of hydrogen-bond donors (Lipinski definition) is 2. The van der Waals surface area contributed by atoms with Crippen LogP contribution in [0.1, 0.15) is 42.1 Å². The van der Waals surface area contributed by atoms with Gasteiger partial charge in [-0.2, -0.15) is 0 Å². The fourth-order valence-electron chi connectivity index (χ4n) is 3.49. The molecular weight excluding hydrogens is 314 g/mol. The van der Waals surface area contributed by atoms with E-state index in [0.717, 1.165) is 34.7 Å². The summed E-state index contributed by atoms with van der Waals surface area (Å²) in [5.74, 6) is 0.865. The van der Waals surface area contributed by atoms with Gasteiger partial charge in [0.15, 0.2) is 0 Å².